The molecule has 362 valence electrons. The Hall–Kier alpha value is -5.80. The van der Waals surface area contributed by atoms with Crippen molar-refractivity contribution in [3.05, 3.63) is 71.8 Å². The number of cyclic esters (lactones) is 4. The molecule has 0 radical (unpaired) electrons. The van der Waals surface area contributed by atoms with Crippen LogP contribution in [0.4, 0.5) is 0 Å². The van der Waals surface area contributed by atoms with Gasteiger partial charge in [-0.3, -0.25) is 19.2 Å². The summed E-state index contributed by atoms with van der Waals surface area (Å²) in [5.74, 6) is -6.94. The summed E-state index contributed by atoms with van der Waals surface area (Å²) < 4.78 is 23.8. The topological polar surface area (TPSA) is 186 Å². The molecule has 2 aromatic rings. The van der Waals surface area contributed by atoms with Crippen LogP contribution in [0.2, 0.25) is 0 Å². The number of rotatable bonds is 8. The van der Waals surface area contributed by atoms with E-state index in [1.807, 2.05) is 41.5 Å². The lowest BCUT2D eigenvalue weighted by Gasteiger charge is -2.35. The maximum absolute atomic E-state index is 14.8. The third kappa shape index (κ3) is 13.6. The number of hydrogen-bond donors (Lipinski definition) is 0. The van der Waals surface area contributed by atoms with E-state index in [9.17, 15) is 38.4 Å². The quantitative estimate of drug-likeness (QED) is 0.229. The summed E-state index contributed by atoms with van der Waals surface area (Å²) >= 11 is 0. The summed E-state index contributed by atoms with van der Waals surface area (Å²) in [7, 11) is 4.16. The SMILES string of the molecule is CC(C)C[C@H]1C(=O)O[C@H](c2ccccc2)C(=O)N2CCCCC[C@H]2C(=O)O[C@H](C)C(=O)N(C)[C@@H](CC(C)C)C(=O)O[C@H](c2ccccc2)C(=O)N(C)[C@@H](CC(C)C)C(=O)O[C@H](C)C(=O)N1C. The van der Waals surface area contributed by atoms with E-state index in [0.29, 0.717) is 30.4 Å². The molecule has 2 aromatic carbocycles. The number of nitrogens with zero attached hydrogens (tertiary/aromatic N) is 4. The van der Waals surface area contributed by atoms with Crippen LogP contribution in [0.15, 0.2) is 60.7 Å². The molecular weight excluding hydrogens is 849 g/mol. The zero-order valence-electron chi connectivity index (χ0n) is 40.5. The first-order valence-corrected chi connectivity index (χ1v) is 23.2. The van der Waals surface area contributed by atoms with Crippen LogP contribution in [0.5, 0.6) is 0 Å². The Kier molecular flexibility index (Phi) is 19.3. The highest BCUT2D eigenvalue weighted by molar-refractivity contribution is 5.95. The second-order valence-electron chi connectivity index (χ2n) is 18.8. The number of carbonyl (C=O) groups excluding carboxylic acids is 8. The average Bonchev–Trinajstić information content (AvgIpc) is 3.55. The van der Waals surface area contributed by atoms with Crippen LogP contribution < -0.4 is 0 Å². The van der Waals surface area contributed by atoms with Gasteiger partial charge in [0.05, 0.1) is 0 Å². The molecule has 66 heavy (non-hydrogen) atoms. The molecule has 8 atom stereocenters. The monoisotopic (exact) mass is 918 g/mol. The van der Waals surface area contributed by atoms with E-state index in [0.717, 1.165) is 14.7 Å². The highest BCUT2D eigenvalue weighted by atomic mass is 16.6. The van der Waals surface area contributed by atoms with Gasteiger partial charge in [-0.05, 0) is 63.7 Å². The van der Waals surface area contributed by atoms with Gasteiger partial charge in [0.15, 0.2) is 12.2 Å². The van der Waals surface area contributed by atoms with E-state index in [1.54, 1.807) is 60.7 Å². The molecular formula is C50H70N4O12. The smallest absolute Gasteiger partial charge is 0.329 e. The van der Waals surface area contributed by atoms with Gasteiger partial charge < -0.3 is 38.5 Å². The first kappa shape index (κ1) is 52.8. The van der Waals surface area contributed by atoms with E-state index in [4.69, 9.17) is 18.9 Å². The summed E-state index contributed by atoms with van der Waals surface area (Å²) in [6.45, 7) is 14.0. The largest absolute Gasteiger partial charge is 0.451 e. The fraction of sp³-hybridized carbons (Fsp3) is 0.600. The van der Waals surface area contributed by atoms with Crippen molar-refractivity contribution in [1.82, 2.24) is 19.6 Å². The zero-order valence-corrected chi connectivity index (χ0v) is 40.5. The molecule has 16 nitrogen and oxygen atoms in total. The third-order valence-electron chi connectivity index (χ3n) is 12.1. The van der Waals surface area contributed by atoms with Gasteiger partial charge in [-0.1, -0.05) is 115 Å². The minimum Gasteiger partial charge on any atom is -0.451 e. The number of likely N-dealkylation sites (N-methyl/N-ethyl adjacent to an activating group) is 3. The van der Waals surface area contributed by atoms with E-state index >= 15 is 0 Å². The zero-order chi connectivity index (χ0) is 49.0. The van der Waals surface area contributed by atoms with Crippen molar-refractivity contribution in [2.24, 2.45) is 17.8 Å². The molecule has 2 aliphatic rings. The molecule has 4 amide bonds. The minimum atomic E-state index is -1.57. The summed E-state index contributed by atoms with van der Waals surface area (Å²) in [4.78, 5) is 120. The molecule has 2 aliphatic heterocycles. The first-order chi connectivity index (χ1) is 31.1. The highest BCUT2D eigenvalue weighted by Crippen LogP contribution is 2.30. The fourth-order valence-corrected chi connectivity index (χ4v) is 8.34. The predicted octanol–water partition coefficient (Wildman–Crippen LogP) is 5.82. The van der Waals surface area contributed by atoms with Gasteiger partial charge in [0, 0.05) is 38.8 Å². The molecule has 2 saturated heterocycles. The van der Waals surface area contributed by atoms with E-state index in [-0.39, 0.29) is 50.0 Å². The number of fused-ring (bicyclic) bond motifs is 1. The molecule has 0 saturated carbocycles. The van der Waals surface area contributed by atoms with Crippen LogP contribution >= 0.6 is 0 Å². The number of hydrogen-bond acceptors (Lipinski definition) is 12. The van der Waals surface area contributed by atoms with E-state index in [1.165, 1.54) is 39.9 Å². The van der Waals surface area contributed by atoms with Gasteiger partial charge in [-0.2, -0.15) is 0 Å². The molecule has 0 aromatic heterocycles. The Morgan fingerprint density at radius 2 is 0.833 bits per heavy atom. The molecule has 0 unspecified atom stereocenters. The van der Waals surface area contributed by atoms with Crippen molar-refractivity contribution < 1.29 is 57.3 Å². The van der Waals surface area contributed by atoms with Crippen molar-refractivity contribution in [2.75, 3.05) is 27.7 Å². The molecule has 16 heteroatoms. The van der Waals surface area contributed by atoms with Gasteiger partial charge in [0.25, 0.3) is 23.6 Å². The van der Waals surface area contributed by atoms with E-state index < -0.39 is 96.1 Å². The molecule has 0 bridgehead atoms. The minimum absolute atomic E-state index is 0.103. The van der Waals surface area contributed by atoms with Crippen LogP contribution in [0.3, 0.4) is 0 Å². The molecule has 0 N–H and O–H groups in total. The molecule has 4 rings (SSSR count). The second-order valence-corrected chi connectivity index (χ2v) is 18.8. The van der Waals surface area contributed by atoms with Crippen LogP contribution in [0.1, 0.15) is 124 Å². The summed E-state index contributed by atoms with van der Waals surface area (Å²) in [6.07, 6.45) is -3.68. The normalized spacial score (nSPS) is 26.7. The Balaban J connectivity index is 1.87. The summed E-state index contributed by atoms with van der Waals surface area (Å²) in [6, 6.07) is 11.7. The molecule has 0 aliphatic carbocycles. The number of esters is 4. The standard InChI is InChI=1S/C50H70N4O12/c1-30(2)27-38-48(60)64-34(8)44(56)52(10)40(29-32(5)6)50(62)66-42(36-23-17-13-18-24-36)46(58)54-26-20-14-19-25-37(54)47(59)63-33(7)43(55)51(9)39(28-31(3)4)49(61)65-41(45(57)53(38)11)35-21-15-12-16-22-35/h12-13,15-18,21-24,30-34,37-42H,14,19-20,25-29H2,1-11H3/t33-,34-,37+,38+,39+,40+,41-,42-/m1/s1. The Morgan fingerprint density at radius 1 is 0.470 bits per heavy atom. The first-order valence-electron chi connectivity index (χ1n) is 23.2. The van der Waals surface area contributed by atoms with Gasteiger partial charge in [-0.25, -0.2) is 19.2 Å². The molecule has 2 heterocycles. The Bertz CT molecular complexity index is 2010. The number of amides is 4. The third-order valence-corrected chi connectivity index (χ3v) is 12.1. The van der Waals surface area contributed by atoms with Crippen LogP contribution in [0.25, 0.3) is 0 Å². The van der Waals surface area contributed by atoms with Gasteiger partial charge in [0.2, 0.25) is 12.2 Å². The Labute approximate surface area is 389 Å². The Morgan fingerprint density at radius 3 is 1.24 bits per heavy atom. The van der Waals surface area contributed by atoms with Crippen LogP contribution in [-0.4, -0.2) is 131 Å². The fourth-order valence-electron chi connectivity index (χ4n) is 8.34. The van der Waals surface area contributed by atoms with Gasteiger partial charge >= 0.3 is 23.9 Å². The summed E-state index contributed by atoms with van der Waals surface area (Å²) in [5.41, 5.74) is 0.622. The van der Waals surface area contributed by atoms with E-state index in [2.05, 4.69) is 0 Å². The van der Waals surface area contributed by atoms with Crippen molar-refractivity contribution in [1.29, 1.82) is 0 Å². The lowest BCUT2D eigenvalue weighted by atomic mass is 10.00. The average molecular weight is 919 g/mol. The van der Waals surface area contributed by atoms with Crippen LogP contribution in [-0.2, 0) is 57.3 Å². The molecule has 2 fully saturated rings. The predicted molar refractivity (Wildman–Crippen MR) is 244 cm³/mol. The van der Waals surface area contributed by atoms with Crippen molar-refractivity contribution in [2.45, 2.75) is 149 Å². The summed E-state index contributed by atoms with van der Waals surface area (Å²) in [5, 5.41) is 0. The number of carbonyl (C=O) groups is 8. The molecule has 0 spiro atoms. The van der Waals surface area contributed by atoms with Gasteiger partial charge in [-0.15, -0.1) is 0 Å². The van der Waals surface area contributed by atoms with Crippen molar-refractivity contribution in [3.63, 3.8) is 0 Å². The van der Waals surface area contributed by atoms with Gasteiger partial charge in [0.1, 0.15) is 24.2 Å². The highest BCUT2D eigenvalue weighted by Gasteiger charge is 2.44. The van der Waals surface area contributed by atoms with Crippen LogP contribution in [0, 0.1) is 17.8 Å². The lowest BCUT2D eigenvalue weighted by molar-refractivity contribution is -0.177. The lowest BCUT2D eigenvalue weighted by Crippen LogP contribution is -2.53. The van der Waals surface area contributed by atoms with Crippen molar-refractivity contribution in [3.8, 4) is 0 Å². The number of ether oxygens (including phenoxy) is 4. The maximum Gasteiger partial charge on any atom is 0.329 e. The number of benzene rings is 2. The maximum atomic E-state index is 14.8. The second kappa shape index (κ2) is 24.1. The van der Waals surface area contributed by atoms with Crippen molar-refractivity contribution >= 4 is 47.5 Å².